The number of nitrogens with one attached hydrogen (secondary N) is 1. The Balaban J connectivity index is 1.36. The van der Waals surface area contributed by atoms with Gasteiger partial charge in [-0.3, -0.25) is 9.59 Å². The normalized spacial score (nSPS) is 18.6. The second-order valence-electron chi connectivity index (χ2n) is 8.08. The highest BCUT2D eigenvalue weighted by molar-refractivity contribution is 5.97. The third-order valence-electron chi connectivity index (χ3n) is 6.14. The average molecular weight is 380 g/mol. The van der Waals surface area contributed by atoms with Gasteiger partial charge in [0.05, 0.1) is 0 Å². The number of halogens is 1. The second-order valence-corrected chi connectivity index (χ2v) is 8.08. The first-order valence-electron chi connectivity index (χ1n) is 9.92. The minimum atomic E-state index is -0.563. The maximum atomic E-state index is 13.9. The van der Waals surface area contributed by atoms with Gasteiger partial charge < -0.3 is 10.2 Å². The zero-order valence-corrected chi connectivity index (χ0v) is 16.1. The summed E-state index contributed by atoms with van der Waals surface area (Å²) in [6, 6.07) is 12.7. The Labute approximate surface area is 164 Å². The molecular weight excluding hydrogens is 355 g/mol. The van der Waals surface area contributed by atoms with E-state index in [9.17, 15) is 14.0 Å². The highest BCUT2D eigenvalue weighted by atomic mass is 19.1. The fourth-order valence-corrected chi connectivity index (χ4v) is 3.99. The van der Waals surface area contributed by atoms with Gasteiger partial charge in [-0.15, -0.1) is 0 Å². The lowest BCUT2D eigenvalue weighted by Crippen LogP contribution is -2.49. The number of likely N-dealkylation sites (tertiary alicyclic amines) is 1. The summed E-state index contributed by atoms with van der Waals surface area (Å²) in [4.78, 5) is 27.0. The molecule has 0 bridgehead atoms. The fraction of sp³-hybridized carbons (Fsp3) is 0.391. The van der Waals surface area contributed by atoms with Crippen LogP contribution < -0.4 is 5.32 Å². The number of hydrogen-bond acceptors (Lipinski definition) is 2. The summed E-state index contributed by atoms with van der Waals surface area (Å²) in [7, 11) is 0. The van der Waals surface area contributed by atoms with Crippen LogP contribution >= 0.6 is 0 Å². The summed E-state index contributed by atoms with van der Waals surface area (Å²) in [5, 5.41) is 2.80. The lowest BCUT2D eigenvalue weighted by molar-refractivity contribution is -0.134. The minimum Gasteiger partial charge on any atom is -0.341 e. The van der Waals surface area contributed by atoms with Crippen molar-refractivity contribution in [3.63, 3.8) is 0 Å². The number of carbonyl (C=O) groups excluding carboxylic acids is 2. The molecule has 2 aromatic carbocycles. The van der Waals surface area contributed by atoms with Gasteiger partial charge in [-0.05, 0) is 61.8 Å². The van der Waals surface area contributed by atoms with E-state index in [0.717, 1.165) is 25.9 Å². The van der Waals surface area contributed by atoms with Gasteiger partial charge in [0.15, 0.2) is 0 Å². The molecule has 0 radical (unpaired) electrons. The zero-order chi connectivity index (χ0) is 19.7. The molecule has 1 atom stereocenters. The first kappa shape index (κ1) is 18.7. The average Bonchev–Trinajstić information content (AvgIpc) is 3.47. The number of rotatable bonds is 4. The lowest BCUT2D eigenvalue weighted by atomic mass is 9.93. The molecule has 1 saturated heterocycles. The van der Waals surface area contributed by atoms with E-state index in [4.69, 9.17) is 0 Å². The highest BCUT2D eigenvalue weighted by Crippen LogP contribution is 2.53. The molecule has 1 aliphatic heterocycles. The molecular formula is C23H25FN2O2. The molecule has 0 unspecified atom stereocenters. The summed E-state index contributed by atoms with van der Waals surface area (Å²) < 4.78 is 13.9. The molecule has 1 saturated carbocycles. The van der Waals surface area contributed by atoms with Gasteiger partial charge in [0.2, 0.25) is 5.91 Å². The zero-order valence-electron chi connectivity index (χ0n) is 16.1. The standard InChI is InChI=1S/C23H25FN2O2/c1-16(22(28)26-14-12-23(10-11-23)13-15-26)25-21(27)18-8-6-17(7-9-18)19-4-2-3-5-20(19)24/h2-9,16H,10-15H2,1H3,(H,25,27)/t16-/m0/s1. The van der Waals surface area contributed by atoms with Crippen molar-refractivity contribution in [1.82, 2.24) is 10.2 Å². The van der Waals surface area contributed by atoms with Gasteiger partial charge in [0.25, 0.3) is 5.91 Å². The van der Waals surface area contributed by atoms with Crippen LogP contribution in [0.2, 0.25) is 0 Å². The number of hydrogen-bond donors (Lipinski definition) is 1. The van der Waals surface area contributed by atoms with Crippen molar-refractivity contribution in [3.8, 4) is 11.1 Å². The van der Waals surface area contributed by atoms with Crippen molar-refractivity contribution in [2.24, 2.45) is 5.41 Å². The molecule has 2 fully saturated rings. The van der Waals surface area contributed by atoms with E-state index in [1.54, 1.807) is 49.4 Å². The third kappa shape index (κ3) is 3.79. The molecule has 0 aromatic heterocycles. The van der Waals surface area contributed by atoms with Gasteiger partial charge in [-0.2, -0.15) is 0 Å². The van der Waals surface area contributed by atoms with E-state index >= 15 is 0 Å². The largest absolute Gasteiger partial charge is 0.341 e. The van der Waals surface area contributed by atoms with Gasteiger partial charge in [-0.1, -0.05) is 30.3 Å². The molecule has 2 amide bonds. The van der Waals surface area contributed by atoms with Crippen LogP contribution in [-0.2, 0) is 4.79 Å². The Bertz CT molecular complexity index is 880. The van der Waals surface area contributed by atoms with E-state index in [-0.39, 0.29) is 17.6 Å². The van der Waals surface area contributed by atoms with E-state index in [0.29, 0.717) is 22.1 Å². The summed E-state index contributed by atoms with van der Waals surface area (Å²) in [6.07, 6.45) is 4.75. The smallest absolute Gasteiger partial charge is 0.251 e. The molecule has 1 aliphatic carbocycles. The Morgan fingerprint density at radius 1 is 1.00 bits per heavy atom. The van der Waals surface area contributed by atoms with Crippen molar-refractivity contribution in [1.29, 1.82) is 0 Å². The van der Waals surface area contributed by atoms with Crippen LogP contribution in [0.25, 0.3) is 11.1 Å². The lowest BCUT2D eigenvalue weighted by Gasteiger charge is -2.33. The van der Waals surface area contributed by atoms with Crippen molar-refractivity contribution < 1.29 is 14.0 Å². The van der Waals surface area contributed by atoms with Crippen molar-refractivity contribution >= 4 is 11.8 Å². The second kappa shape index (κ2) is 7.38. The molecule has 1 heterocycles. The molecule has 4 rings (SSSR count). The molecule has 1 spiro atoms. The van der Waals surface area contributed by atoms with Crippen LogP contribution in [0.4, 0.5) is 4.39 Å². The molecule has 1 N–H and O–H groups in total. The third-order valence-corrected chi connectivity index (χ3v) is 6.14. The van der Waals surface area contributed by atoms with Gasteiger partial charge in [-0.25, -0.2) is 4.39 Å². The Morgan fingerprint density at radius 2 is 1.64 bits per heavy atom. The molecule has 146 valence electrons. The van der Waals surface area contributed by atoms with Crippen molar-refractivity contribution in [2.45, 2.75) is 38.6 Å². The van der Waals surface area contributed by atoms with Crippen LogP contribution in [0.3, 0.4) is 0 Å². The van der Waals surface area contributed by atoms with Crippen molar-refractivity contribution in [3.05, 3.63) is 59.9 Å². The Morgan fingerprint density at radius 3 is 2.25 bits per heavy atom. The van der Waals surface area contributed by atoms with Crippen molar-refractivity contribution in [2.75, 3.05) is 13.1 Å². The Kier molecular flexibility index (Phi) is 4.92. The van der Waals surface area contributed by atoms with E-state index in [1.807, 2.05) is 4.90 Å². The summed E-state index contributed by atoms with van der Waals surface area (Å²) in [5.41, 5.74) is 2.18. The van der Waals surface area contributed by atoms with Crippen LogP contribution in [0.1, 0.15) is 43.0 Å². The maximum absolute atomic E-state index is 13.9. The number of nitrogens with zero attached hydrogens (tertiary/aromatic N) is 1. The number of piperidine rings is 1. The predicted molar refractivity (Wildman–Crippen MR) is 106 cm³/mol. The summed E-state index contributed by atoms with van der Waals surface area (Å²) in [6.45, 7) is 3.31. The molecule has 4 nitrogen and oxygen atoms in total. The van der Waals surface area contributed by atoms with Crippen LogP contribution in [-0.4, -0.2) is 35.8 Å². The van der Waals surface area contributed by atoms with E-state index in [2.05, 4.69) is 5.32 Å². The SMILES string of the molecule is C[C@H](NC(=O)c1ccc(-c2ccccc2F)cc1)C(=O)N1CCC2(CC1)CC2. The summed E-state index contributed by atoms with van der Waals surface area (Å²) >= 11 is 0. The number of amides is 2. The predicted octanol–water partition coefficient (Wildman–Crippen LogP) is 4.01. The topological polar surface area (TPSA) is 49.4 Å². The quantitative estimate of drug-likeness (QED) is 0.871. The fourth-order valence-electron chi connectivity index (χ4n) is 3.99. The van der Waals surface area contributed by atoms with Gasteiger partial charge >= 0.3 is 0 Å². The summed E-state index contributed by atoms with van der Waals surface area (Å²) in [5.74, 6) is -0.614. The number of carbonyl (C=O) groups is 2. The van der Waals surface area contributed by atoms with E-state index < -0.39 is 6.04 Å². The molecule has 2 aliphatic rings. The van der Waals surface area contributed by atoms with Crippen LogP contribution in [0, 0.1) is 11.2 Å². The van der Waals surface area contributed by atoms with Crippen LogP contribution in [0.5, 0.6) is 0 Å². The first-order valence-corrected chi connectivity index (χ1v) is 9.92. The number of benzene rings is 2. The molecule has 5 heteroatoms. The molecule has 28 heavy (non-hydrogen) atoms. The molecule has 2 aromatic rings. The van der Waals surface area contributed by atoms with Gasteiger partial charge in [0.1, 0.15) is 11.9 Å². The highest BCUT2D eigenvalue weighted by Gasteiger charge is 2.45. The monoisotopic (exact) mass is 380 g/mol. The minimum absolute atomic E-state index is 0.0215. The van der Waals surface area contributed by atoms with Gasteiger partial charge in [0, 0.05) is 24.2 Å². The maximum Gasteiger partial charge on any atom is 0.251 e. The van der Waals surface area contributed by atoms with Crippen LogP contribution in [0.15, 0.2) is 48.5 Å². The first-order chi connectivity index (χ1) is 13.5. The van der Waals surface area contributed by atoms with E-state index in [1.165, 1.54) is 18.9 Å². The Hall–Kier alpha value is -2.69.